The molecule has 0 heterocycles. The van der Waals surface area contributed by atoms with Gasteiger partial charge in [-0.05, 0) is 51.5 Å². The average Bonchev–Trinajstić information content (AvgIpc) is 2.48. The molecule has 0 aliphatic rings. The fourth-order valence-electron chi connectivity index (χ4n) is 2.09. The minimum atomic E-state index is -1.26. The first-order valence-electron chi connectivity index (χ1n) is 9.31. The van der Waals surface area contributed by atoms with Gasteiger partial charge in [0.15, 0.2) is 5.78 Å². The molecule has 0 amide bonds. The van der Waals surface area contributed by atoms with Gasteiger partial charge in [0, 0.05) is 0 Å². The van der Waals surface area contributed by atoms with E-state index in [2.05, 4.69) is 0 Å². The summed E-state index contributed by atoms with van der Waals surface area (Å²) in [6.07, 6.45) is 1.80. The summed E-state index contributed by atoms with van der Waals surface area (Å²) in [6.45, 7) is 12.8. The van der Waals surface area contributed by atoms with Gasteiger partial charge in [-0.3, -0.25) is 14.4 Å². The van der Waals surface area contributed by atoms with Gasteiger partial charge in [0.1, 0.15) is 11.6 Å². The summed E-state index contributed by atoms with van der Waals surface area (Å²) in [5, 5.41) is 30.7. The molecule has 0 aliphatic heterocycles. The van der Waals surface area contributed by atoms with Gasteiger partial charge in [-0.2, -0.15) is 0 Å². The van der Waals surface area contributed by atoms with Gasteiger partial charge in [0.25, 0.3) is 0 Å². The van der Waals surface area contributed by atoms with E-state index in [0.717, 1.165) is 6.08 Å². The molecule has 0 aromatic carbocycles. The number of aliphatic carboxylic acids is 2. The normalized spacial score (nSPS) is 12.3. The third kappa shape index (κ3) is 24.1. The molecule has 0 aromatic rings. The molecule has 2 atom stereocenters. The predicted molar refractivity (Wildman–Crippen MR) is 107 cm³/mol. The van der Waals surface area contributed by atoms with Gasteiger partial charge in [-0.1, -0.05) is 34.6 Å². The smallest absolute Gasteiger partial charge is 0.876 e. The van der Waals surface area contributed by atoms with Gasteiger partial charge >= 0.3 is 17.4 Å². The summed E-state index contributed by atoms with van der Waals surface area (Å²) in [5.74, 6) is -4.96. The van der Waals surface area contributed by atoms with Crippen molar-refractivity contribution in [3.05, 3.63) is 11.8 Å². The van der Waals surface area contributed by atoms with Crippen LogP contribution in [-0.2, 0) is 24.0 Å². The molecule has 0 saturated carbocycles. The van der Waals surface area contributed by atoms with Crippen molar-refractivity contribution < 1.29 is 39.3 Å². The predicted octanol–water partition coefficient (Wildman–Crippen LogP) is -0.566. The number of Topliss-reactive ketones (excluding diaryl/α,β-unsaturated/α-hetero) is 2. The maximum atomic E-state index is 10.7. The maximum Gasteiger partial charge on any atom is 3.00 e. The third-order valence-corrected chi connectivity index (χ3v) is 3.37. The Morgan fingerprint density at radius 1 is 0.667 bits per heavy atom. The zero-order valence-electron chi connectivity index (χ0n) is 19.1. The zero-order valence-corrected chi connectivity index (χ0v) is 20.3. The fraction of sp³-hybridized carbons (Fsp3) is 0.667. The molecule has 0 fully saturated rings. The van der Waals surface area contributed by atoms with Gasteiger partial charge in [0.05, 0.1) is 23.8 Å². The molecule has 2 unspecified atom stereocenters. The molecule has 0 spiro atoms. The van der Waals surface area contributed by atoms with E-state index in [0.29, 0.717) is 12.8 Å². The summed E-state index contributed by atoms with van der Waals surface area (Å²) in [5.41, 5.74) is 0. The van der Waals surface area contributed by atoms with E-state index in [1.807, 2.05) is 27.7 Å². The second-order valence-corrected chi connectivity index (χ2v) is 7.59. The van der Waals surface area contributed by atoms with Crippen LogP contribution in [0.4, 0.5) is 0 Å². The van der Waals surface area contributed by atoms with Crippen LogP contribution in [0.15, 0.2) is 11.8 Å². The van der Waals surface area contributed by atoms with E-state index < -0.39 is 23.8 Å². The van der Waals surface area contributed by atoms with Gasteiger partial charge in [-0.25, -0.2) is 0 Å². The Morgan fingerprint density at radius 2 is 0.933 bits per heavy atom. The third-order valence-electron chi connectivity index (χ3n) is 3.37. The van der Waals surface area contributed by atoms with Crippen LogP contribution in [0.3, 0.4) is 0 Å². The number of carboxylic acids is 2. The molecule has 9 heteroatoms. The van der Waals surface area contributed by atoms with Crippen LogP contribution in [0.2, 0.25) is 0 Å². The first kappa shape index (κ1) is 35.5. The Bertz CT molecular complexity index is 524. The molecule has 0 bridgehead atoms. The summed E-state index contributed by atoms with van der Waals surface area (Å²) < 4.78 is 0. The van der Waals surface area contributed by atoms with Crippen molar-refractivity contribution in [1.82, 2.24) is 0 Å². The molecule has 0 aliphatic carbocycles. The van der Waals surface area contributed by atoms with Crippen molar-refractivity contribution in [2.45, 2.75) is 68.2 Å². The Hall–Kier alpha value is -1.98. The standard InChI is InChI=1S/2C8H14O3.C5H8O2.Al/c2*1-5(2)4-7(6(3)9)8(10)11;1-4(6)3-5(2)7;/h2*5,7H,4H2,1-3H3,(H,10,11);3,6H,1-2H3;/q;;;+3/p-3/b;;4-3-;. The number of allylic oxidation sites excluding steroid dienone is 2. The molecular weight excluding hydrogens is 407 g/mol. The molecule has 0 rings (SSSR count). The zero-order chi connectivity index (χ0) is 23.9. The van der Waals surface area contributed by atoms with Crippen molar-refractivity contribution in [1.29, 1.82) is 0 Å². The van der Waals surface area contributed by atoms with E-state index in [-0.39, 0.29) is 52.3 Å². The van der Waals surface area contributed by atoms with E-state index >= 15 is 0 Å². The number of hydrogen-bond donors (Lipinski definition) is 0. The Labute approximate surface area is 189 Å². The van der Waals surface area contributed by atoms with Crippen LogP contribution in [0.25, 0.3) is 0 Å². The van der Waals surface area contributed by atoms with Crippen LogP contribution >= 0.6 is 0 Å². The van der Waals surface area contributed by atoms with Crippen molar-refractivity contribution >= 4 is 46.6 Å². The van der Waals surface area contributed by atoms with Crippen LogP contribution < -0.4 is 15.3 Å². The Morgan fingerprint density at radius 3 is 0.967 bits per heavy atom. The number of rotatable bonds is 9. The minimum absolute atomic E-state index is 0. The van der Waals surface area contributed by atoms with E-state index in [4.69, 9.17) is 0 Å². The van der Waals surface area contributed by atoms with Crippen LogP contribution in [-0.4, -0.2) is 46.6 Å². The first-order chi connectivity index (χ1) is 13.0. The molecule has 168 valence electrons. The molecule has 0 aromatic heterocycles. The van der Waals surface area contributed by atoms with Crippen molar-refractivity contribution in [3.8, 4) is 0 Å². The summed E-state index contributed by atoms with van der Waals surface area (Å²) in [4.78, 5) is 52.1. The topological polar surface area (TPSA) is 155 Å². The first-order valence-corrected chi connectivity index (χ1v) is 9.31. The van der Waals surface area contributed by atoms with Crippen molar-refractivity contribution in [2.24, 2.45) is 23.7 Å². The van der Waals surface area contributed by atoms with E-state index in [1.54, 1.807) is 0 Å². The summed E-state index contributed by atoms with van der Waals surface area (Å²) in [7, 11) is 0. The van der Waals surface area contributed by atoms with Gasteiger partial charge in [-0.15, -0.1) is 5.76 Å². The largest absolute Gasteiger partial charge is 3.00 e. The second-order valence-electron chi connectivity index (χ2n) is 7.59. The fourth-order valence-corrected chi connectivity index (χ4v) is 2.09. The number of carboxylic acid groups (broad SMARTS) is 2. The average molecular weight is 440 g/mol. The Kier molecular flexibility index (Phi) is 22.5. The van der Waals surface area contributed by atoms with E-state index in [1.165, 1.54) is 27.7 Å². The molecule has 0 N–H and O–H groups in total. The quantitative estimate of drug-likeness (QED) is 0.200. The van der Waals surface area contributed by atoms with E-state index in [9.17, 15) is 39.3 Å². The number of ketones is 3. The van der Waals surface area contributed by atoms with Gasteiger partial charge in [0.2, 0.25) is 0 Å². The Balaban J connectivity index is -0.000000171. The molecule has 30 heavy (non-hydrogen) atoms. The van der Waals surface area contributed by atoms with Crippen LogP contribution in [0.5, 0.6) is 0 Å². The number of carbonyl (C=O) groups excluding carboxylic acids is 5. The summed E-state index contributed by atoms with van der Waals surface area (Å²) in [6, 6.07) is 0. The van der Waals surface area contributed by atoms with Gasteiger partial charge < -0.3 is 24.9 Å². The monoisotopic (exact) mass is 440 g/mol. The minimum Gasteiger partial charge on any atom is -0.876 e. The maximum absolute atomic E-state index is 10.7. The molecule has 0 saturated heterocycles. The molecule has 8 nitrogen and oxygen atoms in total. The molecular formula is C21H33AlO8. The second kappa shape index (κ2) is 19.0. The van der Waals surface area contributed by atoms with Crippen LogP contribution in [0, 0.1) is 23.7 Å². The van der Waals surface area contributed by atoms with Crippen molar-refractivity contribution in [2.75, 3.05) is 0 Å². The number of carbonyl (C=O) groups is 5. The van der Waals surface area contributed by atoms with Crippen molar-refractivity contribution in [3.63, 3.8) is 0 Å². The molecule has 0 radical (unpaired) electrons. The SMILES string of the molecule is CC(=O)/C=C(/C)[O-].CC(=O)C(CC(C)C)C(=O)[O-].CC(=O)C(CC(C)C)C(=O)[O-].[Al+3]. The summed E-state index contributed by atoms with van der Waals surface area (Å²) >= 11 is 0. The number of hydrogen-bond acceptors (Lipinski definition) is 8. The van der Waals surface area contributed by atoms with Crippen LogP contribution in [0.1, 0.15) is 68.2 Å².